The second-order valence-electron chi connectivity index (χ2n) is 6.89. The van der Waals surface area contributed by atoms with Crippen molar-refractivity contribution in [2.24, 2.45) is 0 Å². The highest BCUT2D eigenvalue weighted by Crippen LogP contribution is 2.35. The maximum Gasteiger partial charge on any atom is 0.253 e. The Hall–Kier alpha value is -3.73. The van der Waals surface area contributed by atoms with Gasteiger partial charge >= 0.3 is 0 Å². The van der Waals surface area contributed by atoms with Gasteiger partial charge in [0, 0.05) is 30.8 Å². The molecule has 1 aliphatic heterocycles. The fraction of sp³-hybridized carbons (Fsp3) is 0.0870. The van der Waals surface area contributed by atoms with E-state index in [4.69, 9.17) is 0 Å². The van der Waals surface area contributed by atoms with Gasteiger partial charge in [-0.05, 0) is 38.4 Å². The predicted molar refractivity (Wildman–Crippen MR) is 108 cm³/mol. The Morgan fingerprint density at radius 3 is 2.11 bits per heavy atom. The lowest BCUT2D eigenvalue weighted by Gasteiger charge is -2.16. The molecule has 3 amide bonds. The molecule has 0 radical (unpaired) electrons. The van der Waals surface area contributed by atoms with E-state index in [9.17, 15) is 14.4 Å². The minimum atomic E-state index is -0.345. The first-order chi connectivity index (χ1) is 13.6. The normalized spacial score (nSPS) is 14.1. The predicted octanol–water partition coefficient (Wildman–Crippen LogP) is 3.24. The van der Waals surface area contributed by atoms with Crippen LogP contribution in [0.3, 0.4) is 0 Å². The van der Waals surface area contributed by atoms with Crippen LogP contribution in [0.4, 0.5) is 0 Å². The molecule has 1 heterocycles. The maximum absolute atomic E-state index is 12.8. The molecule has 0 aliphatic carbocycles. The van der Waals surface area contributed by atoms with E-state index in [1.54, 1.807) is 0 Å². The molecule has 0 unspecified atom stereocenters. The molecule has 5 heteroatoms. The second-order valence-corrected chi connectivity index (χ2v) is 6.89. The lowest BCUT2D eigenvalue weighted by Crippen LogP contribution is -2.38. The molecule has 136 valence electrons. The molecule has 5 rings (SSSR count). The van der Waals surface area contributed by atoms with Gasteiger partial charge in [0.2, 0.25) is 0 Å². The highest BCUT2D eigenvalue weighted by molar-refractivity contribution is 6.26. The van der Waals surface area contributed by atoms with Crippen LogP contribution in [0.25, 0.3) is 32.3 Å². The van der Waals surface area contributed by atoms with Crippen molar-refractivity contribution in [2.75, 3.05) is 13.1 Å². The van der Waals surface area contributed by atoms with Crippen LogP contribution < -0.4 is 5.32 Å². The van der Waals surface area contributed by atoms with Crippen molar-refractivity contribution in [2.45, 2.75) is 0 Å². The van der Waals surface area contributed by atoms with Crippen molar-refractivity contribution in [3.05, 3.63) is 72.3 Å². The van der Waals surface area contributed by atoms with E-state index in [2.05, 4.69) is 29.6 Å². The molecule has 0 aromatic heterocycles. The Balaban J connectivity index is 1.48. The van der Waals surface area contributed by atoms with E-state index in [1.165, 1.54) is 12.2 Å². The van der Waals surface area contributed by atoms with Gasteiger partial charge < -0.3 is 5.32 Å². The Bertz CT molecular complexity index is 1270. The molecular formula is C23H16N2O3. The number of carbonyl (C=O) groups is 3. The van der Waals surface area contributed by atoms with Crippen molar-refractivity contribution < 1.29 is 14.4 Å². The summed E-state index contributed by atoms with van der Waals surface area (Å²) < 4.78 is 0. The summed E-state index contributed by atoms with van der Waals surface area (Å²) in [6.45, 7) is 0.363. The molecule has 0 fully saturated rings. The number of hydrogen-bond donors (Lipinski definition) is 1. The largest absolute Gasteiger partial charge is 0.350 e. The molecule has 0 bridgehead atoms. The lowest BCUT2D eigenvalue weighted by atomic mass is 9.92. The fourth-order valence-corrected chi connectivity index (χ4v) is 3.96. The molecule has 5 nitrogen and oxygen atoms in total. The molecule has 0 saturated heterocycles. The smallest absolute Gasteiger partial charge is 0.253 e. The SMILES string of the molecule is O=C(NCCN1C(=O)C=CC1=O)c1ccc2ccc3cccc4ccc1c2c34. The summed E-state index contributed by atoms with van der Waals surface area (Å²) in [7, 11) is 0. The Labute approximate surface area is 160 Å². The summed E-state index contributed by atoms with van der Waals surface area (Å²) in [6, 6.07) is 18.2. The summed E-state index contributed by atoms with van der Waals surface area (Å²) >= 11 is 0. The Kier molecular flexibility index (Phi) is 3.62. The van der Waals surface area contributed by atoms with Gasteiger partial charge in [-0.3, -0.25) is 19.3 Å². The van der Waals surface area contributed by atoms with Crippen LogP contribution in [0.2, 0.25) is 0 Å². The summed E-state index contributed by atoms with van der Waals surface area (Å²) in [4.78, 5) is 37.1. The summed E-state index contributed by atoms with van der Waals surface area (Å²) in [5.41, 5.74) is 0.586. The third-order valence-electron chi connectivity index (χ3n) is 5.29. The van der Waals surface area contributed by atoms with E-state index >= 15 is 0 Å². The molecule has 1 N–H and O–H groups in total. The van der Waals surface area contributed by atoms with Gasteiger partial charge in [-0.25, -0.2) is 0 Å². The van der Waals surface area contributed by atoms with E-state index in [-0.39, 0.29) is 30.8 Å². The number of rotatable bonds is 4. The number of nitrogens with zero attached hydrogens (tertiary/aromatic N) is 1. The molecule has 0 spiro atoms. The summed E-state index contributed by atoms with van der Waals surface area (Å²) in [6.07, 6.45) is 2.48. The average molecular weight is 368 g/mol. The minimum Gasteiger partial charge on any atom is -0.350 e. The first-order valence-electron chi connectivity index (χ1n) is 9.12. The van der Waals surface area contributed by atoms with Crippen molar-refractivity contribution >= 4 is 50.0 Å². The van der Waals surface area contributed by atoms with E-state index in [1.807, 2.05) is 30.3 Å². The van der Waals surface area contributed by atoms with Gasteiger partial charge in [-0.2, -0.15) is 0 Å². The number of carbonyl (C=O) groups excluding carboxylic acids is 3. The molecule has 4 aromatic carbocycles. The fourth-order valence-electron chi connectivity index (χ4n) is 3.96. The van der Waals surface area contributed by atoms with Gasteiger partial charge in [0.05, 0.1) is 0 Å². The first-order valence-corrected chi connectivity index (χ1v) is 9.12. The van der Waals surface area contributed by atoms with Crippen molar-refractivity contribution in [3.8, 4) is 0 Å². The molecular weight excluding hydrogens is 352 g/mol. The van der Waals surface area contributed by atoms with Gasteiger partial charge in [0.25, 0.3) is 17.7 Å². The zero-order valence-electron chi connectivity index (χ0n) is 14.9. The zero-order valence-corrected chi connectivity index (χ0v) is 14.9. The summed E-state index contributed by atoms with van der Waals surface area (Å²) in [5.74, 6) is -0.908. The standard InChI is InChI=1S/C23H16N2O3/c26-19-10-11-20(27)25(19)13-12-24-23(28)18-9-7-16-5-4-14-2-1-3-15-6-8-17(18)22(16)21(14)15/h1-11H,12-13H2,(H,24,28). The van der Waals surface area contributed by atoms with E-state index in [0.29, 0.717) is 5.56 Å². The van der Waals surface area contributed by atoms with Crippen LogP contribution in [-0.4, -0.2) is 35.7 Å². The first kappa shape index (κ1) is 16.4. The Morgan fingerprint density at radius 2 is 1.39 bits per heavy atom. The van der Waals surface area contributed by atoms with Crippen LogP contribution in [0.15, 0.2) is 66.7 Å². The van der Waals surface area contributed by atoms with Gasteiger partial charge in [0.1, 0.15) is 0 Å². The van der Waals surface area contributed by atoms with Crippen LogP contribution >= 0.6 is 0 Å². The van der Waals surface area contributed by atoms with Gasteiger partial charge in [-0.15, -0.1) is 0 Å². The monoisotopic (exact) mass is 368 g/mol. The lowest BCUT2D eigenvalue weighted by molar-refractivity contribution is -0.136. The van der Waals surface area contributed by atoms with Crippen molar-refractivity contribution in [1.82, 2.24) is 10.2 Å². The van der Waals surface area contributed by atoms with Crippen molar-refractivity contribution in [1.29, 1.82) is 0 Å². The highest BCUT2D eigenvalue weighted by atomic mass is 16.2. The average Bonchev–Trinajstić information content (AvgIpc) is 3.04. The number of imide groups is 1. The third kappa shape index (κ3) is 2.44. The number of nitrogens with one attached hydrogen (secondary N) is 1. The van der Waals surface area contributed by atoms with Crippen LogP contribution in [0, 0.1) is 0 Å². The minimum absolute atomic E-state index is 0.155. The number of hydrogen-bond acceptors (Lipinski definition) is 3. The topological polar surface area (TPSA) is 66.5 Å². The quantitative estimate of drug-likeness (QED) is 0.444. The van der Waals surface area contributed by atoms with Gasteiger partial charge in [0.15, 0.2) is 0 Å². The van der Waals surface area contributed by atoms with Crippen molar-refractivity contribution in [3.63, 3.8) is 0 Å². The van der Waals surface area contributed by atoms with Crippen LogP contribution in [-0.2, 0) is 9.59 Å². The number of amides is 3. The van der Waals surface area contributed by atoms with E-state index in [0.717, 1.165) is 37.2 Å². The second kappa shape index (κ2) is 6.16. The maximum atomic E-state index is 12.8. The Morgan fingerprint density at radius 1 is 0.786 bits per heavy atom. The molecule has 0 atom stereocenters. The zero-order chi connectivity index (χ0) is 19.3. The molecule has 28 heavy (non-hydrogen) atoms. The summed E-state index contributed by atoms with van der Waals surface area (Å²) in [5, 5.41) is 9.35. The van der Waals surface area contributed by atoms with Gasteiger partial charge in [-0.1, -0.05) is 48.5 Å². The highest BCUT2D eigenvalue weighted by Gasteiger charge is 2.23. The van der Waals surface area contributed by atoms with E-state index < -0.39 is 0 Å². The molecule has 0 saturated carbocycles. The van der Waals surface area contributed by atoms with Crippen LogP contribution in [0.1, 0.15) is 10.4 Å². The molecule has 4 aromatic rings. The third-order valence-corrected chi connectivity index (χ3v) is 5.29. The van der Waals surface area contributed by atoms with Crippen LogP contribution in [0.5, 0.6) is 0 Å². The number of benzene rings is 4. The molecule has 1 aliphatic rings.